The minimum Gasteiger partial charge on any atom is -0.307 e. The van der Waals surface area contributed by atoms with Crippen LogP contribution < -0.4 is 5.84 Å². The molecule has 0 saturated carbocycles. The summed E-state index contributed by atoms with van der Waals surface area (Å²) in [5, 5.41) is 0. The van der Waals surface area contributed by atoms with Gasteiger partial charge in [0.15, 0.2) is 12.1 Å². The van der Waals surface area contributed by atoms with E-state index in [9.17, 15) is 17.8 Å². The Balaban J connectivity index is 3.25. The summed E-state index contributed by atoms with van der Waals surface area (Å²) in [4.78, 5) is 11.2. The topological polar surface area (TPSA) is 116 Å². The molecule has 130 valence electrons. The van der Waals surface area contributed by atoms with Gasteiger partial charge in [-0.25, -0.2) is 8.42 Å². The van der Waals surface area contributed by atoms with Gasteiger partial charge in [-0.05, 0) is 32.9 Å². The van der Waals surface area contributed by atoms with E-state index in [0.29, 0.717) is 0 Å². The summed E-state index contributed by atoms with van der Waals surface area (Å²) in [5.41, 5.74) is 0.855. The molecule has 8 nitrogen and oxygen atoms in total. The molecule has 0 aliphatic carbocycles. The molecular weight excluding hydrogens is 343 g/mol. The molecule has 0 aromatic heterocycles. The SMILES string of the molecule is CCOP(=O)(OCC)C(C=O)N(N)S(=O)(=O)c1ccc(C)cc1. The van der Waals surface area contributed by atoms with Crippen LogP contribution in [0.15, 0.2) is 29.2 Å². The van der Waals surface area contributed by atoms with E-state index in [-0.39, 0.29) is 28.8 Å². The van der Waals surface area contributed by atoms with Crippen molar-refractivity contribution in [2.45, 2.75) is 31.4 Å². The summed E-state index contributed by atoms with van der Waals surface area (Å²) in [6.45, 7) is 4.83. The Labute approximate surface area is 136 Å². The second kappa shape index (κ2) is 8.14. The minimum atomic E-state index is -4.24. The van der Waals surface area contributed by atoms with Gasteiger partial charge in [-0.1, -0.05) is 17.7 Å². The van der Waals surface area contributed by atoms with Crippen molar-refractivity contribution in [2.75, 3.05) is 13.2 Å². The highest BCUT2D eigenvalue weighted by Crippen LogP contribution is 2.53. The second-order valence-corrected chi connectivity index (χ2v) is 8.54. The largest absolute Gasteiger partial charge is 0.357 e. The molecule has 1 aromatic carbocycles. The third-order valence-corrected chi connectivity index (χ3v) is 6.98. The van der Waals surface area contributed by atoms with Gasteiger partial charge in [-0.2, -0.15) is 0 Å². The van der Waals surface area contributed by atoms with Crippen molar-refractivity contribution in [3.63, 3.8) is 0 Å². The van der Waals surface area contributed by atoms with Gasteiger partial charge in [-0.3, -0.25) is 10.4 Å². The molecule has 1 rings (SSSR count). The molecule has 0 bridgehead atoms. The van der Waals surface area contributed by atoms with Gasteiger partial charge < -0.3 is 13.8 Å². The molecule has 0 radical (unpaired) electrons. The van der Waals surface area contributed by atoms with Crippen molar-refractivity contribution in [1.82, 2.24) is 4.41 Å². The lowest BCUT2D eigenvalue weighted by Crippen LogP contribution is -2.46. The summed E-state index contributed by atoms with van der Waals surface area (Å²) in [5.74, 6) is 3.84. The first-order chi connectivity index (χ1) is 10.7. The number of aldehydes is 1. The molecule has 1 aromatic rings. The summed E-state index contributed by atoms with van der Waals surface area (Å²) in [6, 6.07) is 5.86. The van der Waals surface area contributed by atoms with Crippen molar-refractivity contribution in [3.05, 3.63) is 29.8 Å². The molecule has 1 atom stereocenters. The summed E-state index contributed by atoms with van der Waals surface area (Å²) < 4.78 is 47.9. The Bertz CT molecular complexity index is 666. The van der Waals surface area contributed by atoms with E-state index in [0.717, 1.165) is 5.56 Å². The average Bonchev–Trinajstić information content (AvgIpc) is 2.48. The molecule has 0 spiro atoms. The van der Waals surface area contributed by atoms with Crippen LogP contribution in [0.1, 0.15) is 19.4 Å². The highest BCUT2D eigenvalue weighted by Gasteiger charge is 2.44. The van der Waals surface area contributed by atoms with E-state index in [4.69, 9.17) is 14.9 Å². The van der Waals surface area contributed by atoms with Crippen LogP contribution in [-0.2, 0) is 28.4 Å². The van der Waals surface area contributed by atoms with Crippen molar-refractivity contribution in [1.29, 1.82) is 0 Å². The van der Waals surface area contributed by atoms with Crippen LogP contribution >= 0.6 is 7.60 Å². The fourth-order valence-electron chi connectivity index (χ4n) is 1.80. The number of nitrogens with two attached hydrogens (primary N) is 1. The highest BCUT2D eigenvalue weighted by molar-refractivity contribution is 7.89. The van der Waals surface area contributed by atoms with Crippen molar-refractivity contribution in [3.8, 4) is 0 Å². The molecule has 0 aliphatic heterocycles. The number of carbonyl (C=O) groups is 1. The predicted molar refractivity (Wildman–Crippen MR) is 85.1 cm³/mol. The quantitative estimate of drug-likeness (QED) is 0.306. The van der Waals surface area contributed by atoms with Gasteiger partial charge in [0.25, 0.3) is 10.0 Å². The lowest BCUT2D eigenvalue weighted by molar-refractivity contribution is -0.109. The molecule has 1 unspecified atom stereocenters. The molecule has 0 amide bonds. The van der Waals surface area contributed by atoms with Crippen LogP contribution in [0.3, 0.4) is 0 Å². The zero-order valence-corrected chi connectivity index (χ0v) is 14.9. The Kier molecular flexibility index (Phi) is 7.06. The van der Waals surface area contributed by atoms with Gasteiger partial charge in [0.2, 0.25) is 0 Å². The first-order valence-corrected chi connectivity index (χ1v) is 9.98. The predicted octanol–water partition coefficient (Wildman–Crippen LogP) is 1.65. The number of sulfonamides is 1. The molecule has 23 heavy (non-hydrogen) atoms. The molecule has 0 saturated heterocycles. The second-order valence-electron chi connectivity index (χ2n) is 4.57. The van der Waals surface area contributed by atoms with Crippen LogP contribution in [0.25, 0.3) is 0 Å². The first kappa shape index (κ1) is 20.0. The maximum Gasteiger partial charge on any atom is 0.357 e. The van der Waals surface area contributed by atoms with E-state index in [1.165, 1.54) is 12.1 Å². The smallest absolute Gasteiger partial charge is 0.307 e. The van der Waals surface area contributed by atoms with Gasteiger partial charge in [0.1, 0.15) is 0 Å². The zero-order valence-electron chi connectivity index (χ0n) is 13.2. The lowest BCUT2D eigenvalue weighted by Gasteiger charge is -2.28. The summed E-state index contributed by atoms with van der Waals surface area (Å²) in [6.07, 6.45) is 0.151. The zero-order chi connectivity index (χ0) is 17.7. The van der Waals surface area contributed by atoms with Crippen LogP contribution in [-0.4, -0.2) is 38.1 Å². The third-order valence-electron chi connectivity index (χ3n) is 2.92. The number of hydrazine groups is 1. The fraction of sp³-hybridized carbons (Fsp3) is 0.462. The van der Waals surface area contributed by atoms with E-state index in [2.05, 4.69) is 0 Å². The Morgan fingerprint density at radius 3 is 2.09 bits per heavy atom. The third kappa shape index (κ3) is 4.47. The van der Waals surface area contributed by atoms with E-state index < -0.39 is 23.4 Å². The average molecular weight is 364 g/mol. The number of nitrogens with zero attached hydrogens (tertiary/aromatic N) is 1. The van der Waals surface area contributed by atoms with Gasteiger partial charge in [0, 0.05) is 0 Å². The molecule has 2 N–H and O–H groups in total. The maximum absolute atomic E-state index is 12.7. The van der Waals surface area contributed by atoms with Gasteiger partial charge >= 0.3 is 7.60 Å². The van der Waals surface area contributed by atoms with E-state index >= 15 is 0 Å². The monoisotopic (exact) mass is 364 g/mol. The molecule has 0 heterocycles. The van der Waals surface area contributed by atoms with Crippen LogP contribution in [0.4, 0.5) is 0 Å². The Morgan fingerprint density at radius 2 is 1.70 bits per heavy atom. The van der Waals surface area contributed by atoms with Crippen LogP contribution in [0.2, 0.25) is 0 Å². The number of benzene rings is 1. The lowest BCUT2D eigenvalue weighted by atomic mass is 10.2. The standard InChI is InChI=1S/C13H21N2O6PS/c1-4-20-22(17,21-5-2)13(10-16)15(14)23(18,19)12-8-6-11(3)7-9-12/h6-10,13H,4-5,14H2,1-3H3. The summed E-state index contributed by atoms with van der Waals surface area (Å²) >= 11 is 0. The molecule has 0 fully saturated rings. The first-order valence-electron chi connectivity index (χ1n) is 6.92. The normalized spacial score (nSPS) is 14.0. The van der Waals surface area contributed by atoms with E-state index in [1.54, 1.807) is 32.9 Å². The Hall–Kier alpha value is -1.09. The van der Waals surface area contributed by atoms with Gasteiger partial charge in [-0.15, -0.1) is 4.41 Å². The number of hydrogen-bond donors (Lipinski definition) is 1. The van der Waals surface area contributed by atoms with Crippen molar-refractivity contribution >= 4 is 23.9 Å². The van der Waals surface area contributed by atoms with Crippen LogP contribution in [0, 0.1) is 6.92 Å². The minimum absolute atomic E-state index is 0.0277. The van der Waals surface area contributed by atoms with Crippen molar-refractivity contribution in [2.24, 2.45) is 5.84 Å². The number of hydrogen-bond acceptors (Lipinski definition) is 7. The fourth-order valence-corrected chi connectivity index (χ4v) is 5.10. The summed E-state index contributed by atoms with van der Waals surface area (Å²) in [7, 11) is -8.30. The van der Waals surface area contributed by atoms with Gasteiger partial charge in [0.05, 0.1) is 18.1 Å². The molecule has 0 aliphatic rings. The number of aryl methyl sites for hydroxylation is 1. The van der Waals surface area contributed by atoms with Crippen molar-refractivity contribution < 1.29 is 26.8 Å². The molecular formula is C13H21N2O6PS. The molecule has 10 heteroatoms. The van der Waals surface area contributed by atoms with E-state index in [1.807, 2.05) is 0 Å². The maximum atomic E-state index is 12.7. The number of rotatable bonds is 9. The number of carbonyl (C=O) groups excluding carboxylic acids is 1. The Morgan fingerprint density at radius 1 is 1.22 bits per heavy atom. The highest BCUT2D eigenvalue weighted by atomic mass is 32.2. The van der Waals surface area contributed by atoms with Crippen LogP contribution in [0.5, 0.6) is 0 Å².